The van der Waals surface area contributed by atoms with Crippen molar-refractivity contribution in [2.24, 2.45) is 5.92 Å². The van der Waals surface area contributed by atoms with Crippen LogP contribution in [0.5, 0.6) is 5.75 Å². The third kappa shape index (κ3) is 2.72. The minimum atomic E-state index is -1.04. The zero-order chi connectivity index (χ0) is 22.2. The van der Waals surface area contributed by atoms with E-state index in [1.807, 2.05) is 19.9 Å². The number of phenolic OH excluding ortho intramolecular Hbond substituents is 1. The Morgan fingerprint density at radius 1 is 1.32 bits per heavy atom. The number of likely N-dealkylation sites (tertiary alicyclic amines) is 1. The summed E-state index contributed by atoms with van der Waals surface area (Å²) >= 11 is 0. The number of aliphatic hydroxyl groups is 1. The molecule has 7 nitrogen and oxygen atoms in total. The van der Waals surface area contributed by atoms with Crippen molar-refractivity contribution in [3.63, 3.8) is 0 Å². The van der Waals surface area contributed by atoms with Crippen LogP contribution >= 0.6 is 0 Å². The summed E-state index contributed by atoms with van der Waals surface area (Å²) in [6.45, 7) is 9.78. The SMILES string of the molecule is C=C(C)CCN1CC2CC3(c4cc(O)ccc4C)CC4(CCC3(O)C21)NC(=O)NC4=O. The molecule has 0 radical (unpaired) electrons. The molecule has 2 saturated carbocycles. The Morgan fingerprint density at radius 2 is 2.10 bits per heavy atom. The van der Waals surface area contributed by atoms with Gasteiger partial charge in [-0.2, -0.15) is 0 Å². The second-order valence-electron chi connectivity index (χ2n) is 10.3. The van der Waals surface area contributed by atoms with E-state index in [0.717, 1.165) is 42.6 Å². The molecule has 2 aliphatic carbocycles. The van der Waals surface area contributed by atoms with Crippen molar-refractivity contribution >= 4 is 11.9 Å². The van der Waals surface area contributed by atoms with Crippen LogP contribution in [0, 0.1) is 12.8 Å². The molecule has 5 rings (SSSR count). The van der Waals surface area contributed by atoms with Crippen molar-refractivity contribution in [2.75, 3.05) is 13.1 Å². The van der Waals surface area contributed by atoms with E-state index in [4.69, 9.17) is 0 Å². The van der Waals surface area contributed by atoms with Crippen LogP contribution in [-0.2, 0) is 10.2 Å². The average Bonchev–Trinajstić information content (AvgIpc) is 3.05. The monoisotopic (exact) mass is 425 g/mol. The zero-order valence-corrected chi connectivity index (χ0v) is 18.2. The third-order valence-electron chi connectivity index (χ3n) is 8.35. The molecule has 5 unspecified atom stereocenters. The summed E-state index contributed by atoms with van der Waals surface area (Å²) in [4.78, 5) is 27.2. The first kappa shape index (κ1) is 20.5. The molecule has 4 N–H and O–H groups in total. The highest BCUT2D eigenvalue weighted by atomic mass is 16.3. The van der Waals surface area contributed by atoms with Crippen molar-refractivity contribution in [3.05, 3.63) is 41.5 Å². The number of carbonyl (C=O) groups excluding carboxylic acids is 2. The number of imide groups is 1. The largest absolute Gasteiger partial charge is 0.508 e. The van der Waals surface area contributed by atoms with Crippen LogP contribution in [0.3, 0.4) is 0 Å². The van der Waals surface area contributed by atoms with E-state index in [-0.39, 0.29) is 17.7 Å². The fourth-order valence-corrected chi connectivity index (χ4v) is 7.03. The van der Waals surface area contributed by atoms with Gasteiger partial charge in [0.25, 0.3) is 5.91 Å². The molecule has 2 aliphatic heterocycles. The fourth-order valence-electron chi connectivity index (χ4n) is 7.03. The Labute approximate surface area is 182 Å². The number of nitrogens with one attached hydrogen (secondary N) is 2. The first-order valence-electron chi connectivity index (χ1n) is 11.1. The quantitative estimate of drug-likeness (QED) is 0.437. The lowest BCUT2D eigenvalue weighted by atomic mass is 9.55. The van der Waals surface area contributed by atoms with Gasteiger partial charge in [0.05, 0.1) is 5.60 Å². The molecular weight excluding hydrogens is 394 g/mol. The number of rotatable bonds is 4. The summed E-state index contributed by atoms with van der Waals surface area (Å²) in [6, 6.07) is 4.80. The molecule has 4 fully saturated rings. The summed E-state index contributed by atoms with van der Waals surface area (Å²) in [6.07, 6.45) is 2.77. The number of aryl methyl sites for hydroxylation is 1. The molecule has 7 heteroatoms. The van der Waals surface area contributed by atoms with Crippen LogP contribution in [0.15, 0.2) is 30.4 Å². The highest BCUT2D eigenvalue weighted by Gasteiger charge is 2.73. The minimum absolute atomic E-state index is 0.00566. The normalized spacial score (nSPS) is 38.9. The Kier molecular flexibility index (Phi) is 4.34. The van der Waals surface area contributed by atoms with Gasteiger partial charge in [-0.1, -0.05) is 11.6 Å². The molecule has 0 bridgehead atoms. The number of hydrogen-bond donors (Lipinski definition) is 4. The van der Waals surface area contributed by atoms with Crippen molar-refractivity contribution in [2.45, 2.75) is 68.5 Å². The van der Waals surface area contributed by atoms with E-state index in [9.17, 15) is 19.8 Å². The highest BCUT2D eigenvalue weighted by Crippen LogP contribution is 2.65. The van der Waals surface area contributed by atoms with Gasteiger partial charge >= 0.3 is 6.03 Å². The second kappa shape index (κ2) is 6.56. The summed E-state index contributed by atoms with van der Waals surface area (Å²) in [5.41, 5.74) is 0.202. The maximum atomic E-state index is 12.9. The van der Waals surface area contributed by atoms with Crippen LogP contribution in [0.2, 0.25) is 0 Å². The van der Waals surface area contributed by atoms with Crippen LogP contribution in [0.4, 0.5) is 4.79 Å². The number of amides is 3. The molecular formula is C24H31N3O4. The van der Waals surface area contributed by atoms with Gasteiger partial charge in [0.1, 0.15) is 11.3 Å². The number of phenols is 1. The lowest BCUT2D eigenvalue weighted by molar-refractivity contribution is -0.148. The number of benzene rings is 1. The first-order valence-corrected chi connectivity index (χ1v) is 11.1. The van der Waals surface area contributed by atoms with E-state index in [2.05, 4.69) is 22.1 Å². The molecule has 166 valence electrons. The standard InChI is InChI=1S/C24H31N3O4/c1-14(2)6-9-27-12-16-11-22(18-10-17(28)5-4-15(18)3)13-23(20(29)25-21(30)26-23)7-8-24(22,31)19(16)27/h4-5,10,16,19,28,31H,1,6-9,11-13H2,2-3H3,(H2,25,26,29,30). The van der Waals surface area contributed by atoms with Gasteiger partial charge < -0.3 is 15.5 Å². The summed E-state index contributed by atoms with van der Waals surface area (Å²) in [7, 11) is 0. The number of aromatic hydroxyl groups is 1. The Hall–Kier alpha value is -2.38. The molecule has 1 aromatic carbocycles. The molecule has 31 heavy (non-hydrogen) atoms. The Balaban J connectivity index is 1.61. The molecule has 4 aliphatic rings. The maximum absolute atomic E-state index is 12.9. The predicted octanol–water partition coefficient (Wildman–Crippen LogP) is 2.10. The summed E-state index contributed by atoms with van der Waals surface area (Å²) in [5.74, 6) is 0.151. The lowest BCUT2D eigenvalue weighted by Gasteiger charge is -2.57. The van der Waals surface area contributed by atoms with Crippen LogP contribution < -0.4 is 10.6 Å². The van der Waals surface area contributed by atoms with Crippen LogP contribution in [0.25, 0.3) is 0 Å². The van der Waals surface area contributed by atoms with Gasteiger partial charge in [0.15, 0.2) is 0 Å². The van der Waals surface area contributed by atoms with Crippen LogP contribution in [-0.4, -0.2) is 57.3 Å². The van der Waals surface area contributed by atoms with Crippen molar-refractivity contribution in [1.29, 1.82) is 0 Å². The van der Waals surface area contributed by atoms with Gasteiger partial charge in [-0.3, -0.25) is 15.0 Å². The molecule has 2 heterocycles. The van der Waals surface area contributed by atoms with Gasteiger partial charge in [-0.25, -0.2) is 4.79 Å². The van der Waals surface area contributed by atoms with Crippen molar-refractivity contribution in [1.82, 2.24) is 15.5 Å². The Bertz CT molecular complexity index is 993. The number of nitrogens with zero attached hydrogens (tertiary/aromatic N) is 1. The van der Waals surface area contributed by atoms with E-state index in [0.29, 0.717) is 25.2 Å². The van der Waals surface area contributed by atoms with Gasteiger partial charge in [0.2, 0.25) is 0 Å². The molecule has 2 saturated heterocycles. The molecule has 5 atom stereocenters. The maximum Gasteiger partial charge on any atom is 0.322 e. The van der Waals surface area contributed by atoms with E-state index >= 15 is 0 Å². The number of hydrogen-bond acceptors (Lipinski definition) is 5. The van der Waals surface area contributed by atoms with Crippen molar-refractivity contribution < 1.29 is 19.8 Å². The second-order valence-corrected chi connectivity index (χ2v) is 10.3. The number of urea groups is 1. The zero-order valence-electron chi connectivity index (χ0n) is 18.2. The van der Waals surface area contributed by atoms with Crippen LogP contribution in [0.1, 0.15) is 50.2 Å². The molecule has 3 amide bonds. The topological polar surface area (TPSA) is 102 Å². The van der Waals surface area contributed by atoms with Gasteiger partial charge in [0, 0.05) is 24.5 Å². The number of carbonyl (C=O) groups is 2. The summed E-state index contributed by atoms with van der Waals surface area (Å²) < 4.78 is 0. The van der Waals surface area contributed by atoms with Crippen molar-refractivity contribution in [3.8, 4) is 5.75 Å². The van der Waals surface area contributed by atoms with Gasteiger partial charge in [-0.05, 0) is 75.1 Å². The smallest absolute Gasteiger partial charge is 0.322 e. The van der Waals surface area contributed by atoms with Gasteiger partial charge in [-0.15, -0.1) is 6.58 Å². The third-order valence-corrected chi connectivity index (χ3v) is 8.35. The predicted molar refractivity (Wildman–Crippen MR) is 116 cm³/mol. The molecule has 1 aromatic rings. The lowest BCUT2D eigenvalue weighted by Crippen LogP contribution is -2.70. The number of fused-ring (bicyclic) bond motifs is 3. The minimum Gasteiger partial charge on any atom is -0.508 e. The van der Waals surface area contributed by atoms with E-state index < -0.39 is 22.6 Å². The average molecular weight is 426 g/mol. The molecule has 0 aromatic heterocycles. The fraction of sp³-hybridized carbons (Fsp3) is 0.583. The Morgan fingerprint density at radius 3 is 2.77 bits per heavy atom. The van der Waals surface area contributed by atoms with E-state index in [1.165, 1.54) is 0 Å². The molecule has 1 spiro atoms. The summed E-state index contributed by atoms with van der Waals surface area (Å²) in [5, 5.41) is 28.0. The highest BCUT2D eigenvalue weighted by molar-refractivity contribution is 6.07. The first-order chi connectivity index (χ1) is 14.6. The van der Waals surface area contributed by atoms with E-state index in [1.54, 1.807) is 12.1 Å².